The second kappa shape index (κ2) is 6.97. The smallest absolute Gasteiger partial charge is 0.309 e. The van der Waals surface area contributed by atoms with Crippen molar-refractivity contribution in [3.05, 3.63) is 0 Å². The van der Waals surface area contributed by atoms with Gasteiger partial charge in [-0.2, -0.15) is 0 Å². The van der Waals surface area contributed by atoms with Gasteiger partial charge in [0.2, 0.25) is 0 Å². The lowest BCUT2D eigenvalue weighted by molar-refractivity contribution is -0.343. The topological polar surface area (TPSA) is 87.0 Å². The summed E-state index contributed by atoms with van der Waals surface area (Å²) in [6, 6.07) is 0. The minimum Gasteiger partial charge on any atom is -0.481 e. The predicted octanol–water partition coefficient (Wildman–Crippen LogP) is 6.16. The number of carboxylic acids is 1. The van der Waals surface area contributed by atoms with Crippen molar-refractivity contribution >= 4 is 5.97 Å². The molecule has 12 unspecified atom stereocenters. The number of hydrogen-bond donors (Lipinski definition) is 3. The zero-order valence-electron chi connectivity index (χ0n) is 23.9. The molecule has 1 saturated heterocycles. The van der Waals surface area contributed by atoms with E-state index in [0.29, 0.717) is 18.9 Å². The molecule has 7 rings (SSSR count). The van der Waals surface area contributed by atoms with Crippen LogP contribution in [0.1, 0.15) is 118 Å². The maximum atomic E-state index is 12.5. The van der Waals surface area contributed by atoms with Gasteiger partial charge in [0, 0.05) is 17.8 Å². The van der Waals surface area contributed by atoms with Gasteiger partial charge in [-0.15, -0.1) is 0 Å². The summed E-state index contributed by atoms with van der Waals surface area (Å²) in [5.41, 5.74) is -0.00257. The van der Waals surface area contributed by atoms with Crippen LogP contribution in [0.25, 0.3) is 0 Å². The molecule has 7 aliphatic rings. The summed E-state index contributed by atoms with van der Waals surface area (Å²) >= 11 is 0. The van der Waals surface area contributed by atoms with E-state index in [2.05, 4.69) is 27.7 Å². The fraction of sp³-hybridized carbons (Fsp3) is 0.969. The molecule has 2 spiro atoms. The number of carbonyl (C=O) groups is 1. The van der Waals surface area contributed by atoms with Crippen LogP contribution in [0.3, 0.4) is 0 Å². The van der Waals surface area contributed by atoms with Crippen molar-refractivity contribution < 1.29 is 24.9 Å². The molecule has 4 bridgehead atoms. The molecule has 0 aromatic heterocycles. The number of hydrogen-bond acceptors (Lipinski definition) is 4. The highest BCUT2D eigenvalue weighted by molar-refractivity contribution is 5.74. The standard InChI is InChI=1S/C32H50O5/c1-20-29-14-16-31-8-6-7-30(15-12-27(31,4)23(29)21(33)17-32(20,36)37-19-29)22-18-26(3,24(34)35)10-9-25(22,2)11-13-28(30,31)5/h20-23,33,36H,6-19H2,1-5H3,(H,34,35). The number of aliphatic hydroxyl groups excluding tert-OH is 1. The summed E-state index contributed by atoms with van der Waals surface area (Å²) in [6.07, 6.45) is 13.1. The number of carboxylic acid groups (broad SMARTS) is 1. The minimum atomic E-state index is -1.18. The van der Waals surface area contributed by atoms with Crippen LogP contribution in [0, 0.1) is 55.7 Å². The number of aliphatic hydroxyl groups is 2. The molecule has 0 aromatic rings. The average Bonchev–Trinajstić information content (AvgIpc) is 2.98. The van der Waals surface area contributed by atoms with Gasteiger partial charge in [0.05, 0.1) is 18.1 Å². The van der Waals surface area contributed by atoms with Crippen molar-refractivity contribution in [1.82, 2.24) is 0 Å². The number of fused-ring (bicyclic) bond motifs is 3. The first kappa shape index (κ1) is 25.3. The third-order valence-electron chi connectivity index (χ3n) is 16.0. The second-order valence-corrected chi connectivity index (χ2v) is 16.5. The van der Waals surface area contributed by atoms with Gasteiger partial charge in [-0.3, -0.25) is 4.79 Å². The predicted molar refractivity (Wildman–Crippen MR) is 140 cm³/mol. The minimum absolute atomic E-state index is 0.00510. The Balaban J connectivity index is 1.37. The zero-order valence-corrected chi connectivity index (χ0v) is 23.9. The van der Waals surface area contributed by atoms with Gasteiger partial charge < -0.3 is 20.1 Å². The van der Waals surface area contributed by atoms with Crippen molar-refractivity contribution in [2.24, 2.45) is 55.7 Å². The zero-order chi connectivity index (χ0) is 26.5. The molecule has 1 heterocycles. The SMILES string of the molecule is CC1C2(O)CC(O)C3C1(CCC14CCCC5(CCC31C)C1CC(C)(C(=O)O)CCC1(C)CCC54C)CO2. The maximum Gasteiger partial charge on any atom is 0.309 e. The van der Waals surface area contributed by atoms with E-state index in [0.717, 1.165) is 44.9 Å². The van der Waals surface area contributed by atoms with Crippen LogP contribution in [0.2, 0.25) is 0 Å². The third-order valence-corrected chi connectivity index (χ3v) is 16.0. The van der Waals surface area contributed by atoms with Gasteiger partial charge in [0.25, 0.3) is 0 Å². The van der Waals surface area contributed by atoms with Crippen molar-refractivity contribution in [3.8, 4) is 0 Å². The van der Waals surface area contributed by atoms with Gasteiger partial charge >= 0.3 is 5.97 Å². The lowest BCUT2D eigenvalue weighted by Crippen LogP contribution is -2.76. The summed E-state index contributed by atoms with van der Waals surface area (Å²) in [5, 5.41) is 33.4. The summed E-state index contributed by atoms with van der Waals surface area (Å²) in [6.45, 7) is 12.5. The Morgan fingerprint density at radius 2 is 1.59 bits per heavy atom. The number of aliphatic carboxylic acids is 1. The van der Waals surface area contributed by atoms with Gasteiger partial charge in [0.1, 0.15) is 0 Å². The average molecular weight is 515 g/mol. The molecule has 37 heavy (non-hydrogen) atoms. The van der Waals surface area contributed by atoms with E-state index in [1.54, 1.807) is 0 Å². The first-order valence-electron chi connectivity index (χ1n) is 15.5. The molecular weight excluding hydrogens is 464 g/mol. The van der Waals surface area contributed by atoms with E-state index in [4.69, 9.17) is 4.74 Å². The van der Waals surface area contributed by atoms with Crippen molar-refractivity contribution in [2.45, 2.75) is 130 Å². The molecule has 208 valence electrons. The van der Waals surface area contributed by atoms with Gasteiger partial charge in [-0.25, -0.2) is 0 Å². The van der Waals surface area contributed by atoms with E-state index in [-0.39, 0.29) is 44.3 Å². The van der Waals surface area contributed by atoms with Crippen LogP contribution in [-0.2, 0) is 9.53 Å². The monoisotopic (exact) mass is 514 g/mol. The van der Waals surface area contributed by atoms with Crippen LogP contribution in [0.15, 0.2) is 0 Å². The summed E-state index contributed by atoms with van der Waals surface area (Å²) in [5.74, 6) is -1.11. The van der Waals surface area contributed by atoms with Gasteiger partial charge in [-0.05, 0) is 116 Å². The Labute approximate surface area is 223 Å². The van der Waals surface area contributed by atoms with E-state index in [1.165, 1.54) is 32.1 Å². The summed E-state index contributed by atoms with van der Waals surface area (Å²) in [7, 11) is 0. The molecule has 6 saturated carbocycles. The fourth-order valence-corrected chi connectivity index (χ4v) is 13.9. The number of ether oxygens (including phenoxy) is 1. The van der Waals surface area contributed by atoms with Crippen LogP contribution in [0.5, 0.6) is 0 Å². The molecule has 0 radical (unpaired) electrons. The van der Waals surface area contributed by atoms with Crippen LogP contribution in [0.4, 0.5) is 0 Å². The molecule has 7 fully saturated rings. The lowest BCUT2D eigenvalue weighted by atomic mass is 9.22. The molecule has 6 aliphatic carbocycles. The highest BCUT2D eigenvalue weighted by Crippen LogP contribution is 2.86. The van der Waals surface area contributed by atoms with Gasteiger partial charge in [0.15, 0.2) is 5.79 Å². The van der Waals surface area contributed by atoms with Crippen molar-refractivity contribution in [2.75, 3.05) is 6.61 Å². The molecule has 3 N–H and O–H groups in total. The van der Waals surface area contributed by atoms with E-state index in [1.807, 2.05) is 6.92 Å². The molecule has 12 atom stereocenters. The normalized spacial score (nSPS) is 64.1. The molecule has 1 aliphatic heterocycles. The van der Waals surface area contributed by atoms with E-state index in [9.17, 15) is 20.1 Å². The Morgan fingerprint density at radius 3 is 2.32 bits per heavy atom. The Morgan fingerprint density at radius 1 is 0.865 bits per heavy atom. The van der Waals surface area contributed by atoms with E-state index >= 15 is 0 Å². The highest BCUT2D eigenvalue weighted by Gasteiger charge is 2.81. The Bertz CT molecular complexity index is 1040. The molecule has 5 heteroatoms. The molecule has 0 amide bonds. The van der Waals surface area contributed by atoms with Crippen LogP contribution >= 0.6 is 0 Å². The van der Waals surface area contributed by atoms with Crippen LogP contribution < -0.4 is 0 Å². The van der Waals surface area contributed by atoms with Crippen LogP contribution in [-0.4, -0.2) is 39.8 Å². The molecule has 5 nitrogen and oxygen atoms in total. The first-order chi connectivity index (χ1) is 17.2. The second-order valence-electron chi connectivity index (χ2n) is 16.5. The first-order valence-corrected chi connectivity index (χ1v) is 15.5. The Kier molecular flexibility index (Phi) is 4.77. The largest absolute Gasteiger partial charge is 0.481 e. The lowest BCUT2D eigenvalue weighted by Gasteiger charge is -2.82. The third kappa shape index (κ3) is 2.50. The molecule has 0 aromatic carbocycles. The fourth-order valence-electron chi connectivity index (χ4n) is 13.9. The summed E-state index contributed by atoms with van der Waals surface area (Å²) < 4.78 is 6.13. The quantitative estimate of drug-likeness (QED) is 0.390. The Hall–Kier alpha value is -0.650. The summed E-state index contributed by atoms with van der Waals surface area (Å²) in [4.78, 5) is 12.5. The van der Waals surface area contributed by atoms with Gasteiger partial charge in [-0.1, -0.05) is 34.1 Å². The van der Waals surface area contributed by atoms with E-state index < -0.39 is 23.3 Å². The van der Waals surface area contributed by atoms with Crippen molar-refractivity contribution in [1.29, 1.82) is 0 Å². The highest BCUT2D eigenvalue weighted by atomic mass is 16.6. The number of rotatable bonds is 1. The maximum absolute atomic E-state index is 12.5. The van der Waals surface area contributed by atoms with Crippen molar-refractivity contribution in [3.63, 3.8) is 0 Å². The molecular formula is C32H50O5.